The maximum Gasteiger partial charge on any atom is 0.415 e. The van der Waals surface area contributed by atoms with Crippen LogP contribution in [0.3, 0.4) is 0 Å². The fourth-order valence-corrected chi connectivity index (χ4v) is 3.68. The molecule has 0 N–H and O–H groups in total. The van der Waals surface area contributed by atoms with E-state index in [0.29, 0.717) is 23.3 Å². The Hall–Kier alpha value is -3.08. The highest BCUT2D eigenvalue weighted by atomic mass is 16.6. The normalized spacial score (nSPS) is 14.2. The second-order valence-corrected chi connectivity index (χ2v) is 7.23. The second kappa shape index (κ2) is 7.89. The second-order valence-electron chi connectivity index (χ2n) is 7.23. The molecule has 0 radical (unpaired) electrons. The number of aryl methyl sites for hydroxylation is 1. The Morgan fingerprint density at radius 2 is 1.82 bits per heavy atom. The molecule has 4 rings (SSSR count). The van der Waals surface area contributed by atoms with Crippen LogP contribution < -0.4 is 10.4 Å². The molecule has 0 atom stereocenters. The molecule has 1 saturated heterocycles. The van der Waals surface area contributed by atoms with Gasteiger partial charge < -0.3 is 14.1 Å². The zero-order valence-corrected chi connectivity index (χ0v) is 15.9. The fourth-order valence-electron chi connectivity index (χ4n) is 3.68. The highest BCUT2D eigenvalue weighted by molar-refractivity contribution is 5.83. The zero-order chi connectivity index (χ0) is 19.5. The number of nitrogens with zero attached hydrogens (tertiary/aromatic N) is 1. The molecule has 0 bridgehead atoms. The molecule has 1 fully saturated rings. The van der Waals surface area contributed by atoms with E-state index in [-0.39, 0.29) is 11.7 Å². The van der Waals surface area contributed by atoms with E-state index in [2.05, 4.69) is 0 Å². The minimum Gasteiger partial charge on any atom is -0.422 e. The molecule has 0 aliphatic carbocycles. The van der Waals surface area contributed by atoms with Gasteiger partial charge in [-0.2, -0.15) is 0 Å². The van der Waals surface area contributed by atoms with E-state index in [0.717, 1.165) is 48.9 Å². The number of hydrogen-bond acceptors (Lipinski definition) is 4. The number of likely N-dealkylation sites (tertiary alicyclic amines) is 1. The third kappa shape index (κ3) is 3.79. The van der Waals surface area contributed by atoms with Gasteiger partial charge in [0.25, 0.3) is 0 Å². The van der Waals surface area contributed by atoms with Crippen LogP contribution in [0.1, 0.15) is 36.0 Å². The summed E-state index contributed by atoms with van der Waals surface area (Å²) in [7, 11) is 0. The first-order valence-corrected chi connectivity index (χ1v) is 9.69. The number of amides is 1. The molecule has 2 aromatic carbocycles. The first-order valence-electron chi connectivity index (χ1n) is 9.69. The van der Waals surface area contributed by atoms with Crippen LogP contribution in [-0.4, -0.2) is 24.1 Å². The summed E-state index contributed by atoms with van der Waals surface area (Å²) in [6.07, 6.45) is 3.33. The predicted octanol–water partition coefficient (Wildman–Crippen LogP) is 4.68. The number of hydrogen-bond donors (Lipinski definition) is 0. The number of carbonyl (C=O) groups is 1. The van der Waals surface area contributed by atoms with Crippen LogP contribution in [0.4, 0.5) is 4.79 Å². The summed E-state index contributed by atoms with van der Waals surface area (Å²) in [4.78, 5) is 26.6. The quantitative estimate of drug-likeness (QED) is 0.622. The largest absolute Gasteiger partial charge is 0.422 e. The molecule has 5 nitrogen and oxygen atoms in total. The van der Waals surface area contributed by atoms with E-state index in [1.165, 1.54) is 0 Å². The van der Waals surface area contributed by atoms with Crippen LogP contribution in [0, 0.1) is 6.92 Å². The van der Waals surface area contributed by atoms with Gasteiger partial charge >= 0.3 is 11.7 Å². The number of benzene rings is 2. The lowest BCUT2D eigenvalue weighted by molar-refractivity contribution is 0.142. The van der Waals surface area contributed by atoms with Crippen LogP contribution in [0.15, 0.2) is 57.7 Å². The van der Waals surface area contributed by atoms with Crippen molar-refractivity contribution in [2.75, 3.05) is 13.1 Å². The van der Waals surface area contributed by atoms with Gasteiger partial charge in [-0.15, -0.1) is 0 Å². The maximum absolute atomic E-state index is 12.6. The minimum atomic E-state index is -0.353. The molecule has 3 aromatic rings. The molecule has 1 aromatic heterocycles. The molecule has 1 aliphatic heterocycles. The SMILES string of the molecule is Cc1c(Cc2ccccc2)c(=O)oc2cc(OC(=O)N3CCCCC3)ccc12. The number of piperidine rings is 1. The lowest BCUT2D eigenvalue weighted by Crippen LogP contribution is -2.37. The van der Waals surface area contributed by atoms with E-state index in [4.69, 9.17) is 9.15 Å². The Morgan fingerprint density at radius 3 is 2.57 bits per heavy atom. The van der Waals surface area contributed by atoms with Crippen LogP contribution in [-0.2, 0) is 6.42 Å². The maximum atomic E-state index is 12.6. The Bertz CT molecular complexity index is 1050. The molecule has 0 spiro atoms. The number of fused-ring (bicyclic) bond motifs is 1. The van der Waals surface area contributed by atoms with Gasteiger partial charge in [0, 0.05) is 36.5 Å². The summed E-state index contributed by atoms with van der Waals surface area (Å²) in [6, 6.07) is 15.1. The molecule has 2 heterocycles. The van der Waals surface area contributed by atoms with Gasteiger partial charge in [0.05, 0.1) is 0 Å². The van der Waals surface area contributed by atoms with Gasteiger partial charge in [-0.3, -0.25) is 0 Å². The monoisotopic (exact) mass is 377 g/mol. The Kier molecular flexibility index (Phi) is 5.15. The van der Waals surface area contributed by atoms with Crippen LogP contribution in [0.25, 0.3) is 11.0 Å². The predicted molar refractivity (Wildman–Crippen MR) is 108 cm³/mol. The van der Waals surface area contributed by atoms with Gasteiger partial charge in [0.1, 0.15) is 11.3 Å². The van der Waals surface area contributed by atoms with Crippen LogP contribution >= 0.6 is 0 Å². The summed E-state index contributed by atoms with van der Waals surface area (Å²) in [6.45, 7) is 3.38. The smallest absolute Gasteiger partial charge is 0.415 e. The molecule has 144 valence electrons. The Morgan fingerprint density at radius 1 is 1.07 bits per heavy atom. The van der Waals surface area contributed by atoms with Crippen molar-refractivity contribution in [1.82, 2.24) is 4.90 Å². The lowest BCUT2D eigenvalue weighted by atomic mass is 10.00. The van der Waals surface area contributed by atoms with E-state index in [9.17, 15) is 9.59 Å². The summed E-state index contributed by atoms with van der Waals surface area (Å²) in [5, 5.41) is 0.850. The van der Waals surface area contributed by atoms with Crippen molar-refractivity contribution in [2.45, 2.75) is 32.6 Å². The molecule has 0 saturated carbocycles. The highest BCUT2D eigenvalue weighted by Gasteiger charge is 2.19. The molecule has 1 amide bonds. The van der Waals surface area contributed by atoms with E-state index >= 15 is 0 Å². The number of carbonyl (C=O) groups excluding carboxylic acids is 1. The molecule has 0 unspecified atom stereocenters. The third-order valence-electron chi connectivity index (χ3n) is 5.30. The van der Waals surface area contributed by atoms with Crippen LogP contribution in [0.2, 0.25) is 0 Å². The van der Waals surface area contributed by atoms with Gasteiger partial charge in [0.2, 0.25) is 0 Å². The molecule has 28 heavy (non-hydrogen) atoms. The number of ether oxygens (including phenoxy) is 1. The molecular weight excluding hydrogens is 354 g/mol. The Labute approximate surface area is 163 Å². The average Bonchev–Trinajstić information content (AvgIpc) is 2.72. The van der Waals surface area contributed by atoms with Crippen molar-refractivity contribution >= 4 is 17.1 Å². The van der Waals surface area contributed by atoms with Crippen molar-refractivity contribution in [3.05, 3.63) is 75.6 Å². The number of rotatable bonds is 3. The van der Waals surface area contributed by atoms with E-state index < -0.39 is 0 Å². The molecular formula is C23H23NO4. The third-order valence-corrected chi connectivity index (χ3v) is 5.30. The molecule has 1 aliphatic rings. The standard InChI is InChI=1S/C23H23NO4/c1-16-19-11-10-18(27-23(26)24-12-6-3-7-13-24)15-21(19)28-22(25)20(16)14-17-8-4-2-5-9-17/h2,4-5,8-11,15H,3,6-7,12-14H2,1H3. The van der Waals surface area contributed by atoms with E-state index in [1.54, 1.807) is 17.0 Å². The van der Waals surface area contributed by atoms with Crippen LogP contribution in [0.5, 0.6) is 5.75 Å². The fraction of sp³-hybridized carbons (Fsp3) is 0.304. The van der Waals surface area contributed by atoms with Crippen molar-refractivity contribution < 1.29 is 13.9 Å². The topological polar surface area (TPSA) is 59.8 Å². The van der Waals surface area contributed by atoms with Crippen molar-refractivity contribution in [2.24, 2.45) is 0 Å². The summed E-state index contributed by atoms with van der Waals surface area (Å²) < 4.78 is 11.0. The zero-order valence-electron chi connectivity index (χ0n) is 15.9. The average molecular weight is 377 g/mol. The van der Waals surface area contributed by atoms with Crippen molar-refractivity contribution in [3.8, 4) is 5.75 Å². The van der Waals surface area contributed by atoms with Crippen molar-refractivity contribution in [3.63, 3.8) is 0 Å². The lowest BCUT2D eigenvalue weighted by Gasteiger charge is -2.25. The Balaban J connectivity index is 1.61. The first-order chi connectivity index (χ1) is 13.6. The van der Waals surface area contributed by atoms with Gasteiger partial charge in [-0.25, -0.2) is 9.59 Å². The summed E-state index contributed by atoms with van der Waals surface area (Å²) >= 11 is 0. The van der Waals surface area contributed by atoms with Crippen molar-refractivity contribution in [1.29, 1.82) is 0 Å². The summed E-state index contributed by atoms with van der Waals surface area (Å²) in [5.74, 6) is 0.390. The van der Waals surface area contributed by atoms with Gasteiger partial charge in [-0.1, -0.05) is 30.3 Å². The first kappa shape index (κ1) is 18.3. The highest BCUT2D eigenvalue weighted by Crippen LogP contribution is 2.26. The minimum absolute atomic E-state index is 0.348. The van der Waals surface area contributed by atoms with Gasteiger partial charge in [0.15, 0.2) is 0 Å². The molecule has 5 heteroatoms. The van der Waals surface area contributed by atoms with E-state index in [1.807, 2.05) is 43.3 Å². The summed E-state index contributed by atoms with van der Waals surface area (Å²) in [5.41, 5.74) is 2.68. The van der Waals surface area contributed by atoms with Gasteiger partial charge in [-0.05, 0) is 49.4 Å².